The number of benzene rings is 2. The molecule has 2 N–H and O–H groups in total. The van der Waals surface area contributed by atoms with Crippen molar-refractivity contribution in [1.29, 1.82) is 0 Å². The lowest BCUT2D eigenvalue weighted by Gasteiger charge is -2.17. The van der Waals surface area contributed by atoms with Crippen molar-refractivity contribution in [2.24, 2.45) is 5.73 Å². The summed E-state index contributed by atoms with van der Waals surface area (Å²) in [5, 5.41) is 0. The van der Waals surface area contributed by atoms with E-state index < -0.39 is 0 Å². The molecule has 1 aliphatic carbocycles. The fourth-order valence-corrected chi connectivity index (χ4v) is 3.03. The molecule has 1 aliphatic rings. The minimum Gasteiger partial charge on any atom is -0.496 e. The minimum atomic E-state index is 0.502. The second-order valence-corrected chi connectivity index (χ2v) is 5.42. The summed E-state index contributed by atoms with van der Waals surface area (Å²) < 4.78 is 5.34. The van der Waals surface area contributed by atoms with Gasteiger partial charge in [0.1, 0.15) is 5.75 Å². The molecule has 0 aliphatic heterocycles. The lowest BCUT2D eigenvalue weighted by Crippen LogP contribution is -2.03. The van der Waals surface area contributed by atoms with Crippen molar-refractivity contribution >= 4 is 0 Å². The van der Waals surface area contributed by atoms with Crippen LogP contribution in [0.25, 0.3) is 11.1 Å². The number of ether oxygens (including phenoxy) is 1. The Kier molecular flexibility index (Phi) is 3.75. The van der Waals surface area contributed by atoms with Gasteiger partial charge in [-0.1, -0.05) is 24.3 Å². The monoisotopic (exact) mass is 267 g/mol. The lowest BCUT2D eigenvalue weighted by molar-refractivity contribution is 0.410. The van der Waals surface area contributed by atoms with Crippen LogP contribution < -0.4 is 10.5 Å². The third-order valence-corrected chi connectivity index (χ3v) is 4.18. The van der Waals surface area contributed by atoms with E-state index in [-0.39, 0.29) is 0 Å². The van der Waals surface area contributed by atoms with Gasteiger partial charge in [0.2, 0.25) is 0 Å². The zero-order chi connectivity index (χ0) is 13.9. The number of hydrogen-bond acceptors (Lipinski definition) is 2. The molecule has 2 aromatic carbocycles. The van der Waals surface area contributed by atoms with Crippen molar-refractivity contribution in [3.8, 4) is 16.9 Å². The van der Waals surface area contributed by atoms with E-state index in [9.17, 15) is 0 Å². The number of aryl methyl sites for hydroxylation is 2. The molecule has 104 valence electrons. The number of nitrogens with two attached hydrogens (primary N) is 1. The largest absolute Gasteiger partial charge is 0.496 e. The predicted molar refractivity (Wildman–Crippen MR) is 83.0 cm³/mol. The van der Waals surface area contributed by atoms with Crippen molar-refractivity contribution in [2.75, 3.05) is 7.11 Å². The van der Waals surface area contributed by atoms with Crippen LogP contribution in [0.1, 0.15) is 29.5 Å². The first-order valence-electron chi connectivity index (χ1n) is 7.31. The summed E-state index contributed by atoms with van der Waals surface area (Å²) in [5.41, 5.74) is 12.4. The van der Waals surface area contributed by atoms with Gasteiger partial charge in [-0.25, -0.2) is 0 Å². The lowest BCUT2D eigenvalue weighted by atomic mass is 9.89. The van der Waals surface area contributed by atoms with E-state index in [1.807, 2.05) is 6.07 Å². The highest BCUT2D eigenvalue weighted by Gasteiger charge is 2.11. The Morgan fingerprint density at radius 3 is 2.40 bits per heavy atom. The van der Waals surface area contributed by atoms with E-state index in [1.54, 1.807) is 7.11 Å². The Hall–Kier alpha value is -1.80. The van der Waals surface area contributed by atoms with Gasteiger partial charge in [0.15, 0.2) is 0 Å². The van der Waals surface area contributed by atoms with Gasteiger partial charge in [-0.15, -0.1) is 0 Å². The van der Waals surface area contributed by atoms with Gasteiger partial charge in [-0.2, -0.15) is 0 Å². The van der Waals surface area contributed by atoms with Crippen molar-refractivity contribution in [3.63, 3.8) is 0 Å². The number of methoxy groups -OCH3 is 1. The van der Waals surface area contributed by atoms with E-state index in [0.29, 0.717) is 6.54 Å². The standard InChI is InChI=1S/C18H21NO/c1-20-18-9-8-16(11-17(18)12-19)15-7-6-13-4-2-3-5-14(13)10-15/h6-11H,2-5,12,19H2,1H3. The molecule has 0 unspecified atom stereocenters. The molecule has 0 fully saturated rings. The smallest absolute Gasteiger partial charge is 0.123 e. The molecule has 0 saturated heterocycles. The fourth-order valence-electron chi connectivity index (χ4n) is 3.03. The van der Waals surface area contributed by atoms with Gasteiger partial charge in [0.05, 0.1) is 7.11 Å². The van der Waals surface area contributed by atoms with Gasteiger partial charge in [0, 0.05) is 12.1 Å². The van der Waals surface area contributed by atoms with E-state index >= 15 is 0 Å². The number of hydrogen-bond donors (Lipinski definition) is 1. The number of fused-ring (bicyclic) bond motifs is 1. The maximum atomic E-state index is 5.80. The molecule has 2 aromatic rings. The van der Waals surface area contributed by atoms with Crippen molar-refractivity contribution in [1.82, 2.24) is 0 Å². The molecule has 2 nitrogen and oxygen atoms in total. The summed E-state index contributed by atoms with van der Waals surface area (Å²) in [6.45, 7) is 0.502. The third kappa shape index (κ3) is 2.44. The van der Waals surface area contributed by atoms with Crippen LogP contribution in [0.2, 0.25) is 0 Å². The van der Waals surface area contributed by atoms with Crippen LogP contribution in [0.4, 0.5) is 0 Å². The second-order valence-electron chi connectivity index (χ2n) is 5.42. The molecule has 0 heterocycles. The van der Waals surface area contributed by atoms with E-state index in [0.717, 1.165) is 11.3 Å². The highest BCUT2D eigenvalue weighted by molar-refractivity contribution is 5.67. The molecule has 0 bridgehead atoms. The molecule has 0 amide bonds. The second kappa shape index (κ2) is 5.68. The zero-order valence-corrected chi connectivity index (χ0v) is 12.0. The van der Waals surface area contributed by atoms with Crippen LogP contribution in [0, 0.1) is 0 Å². The van der Waals surface area contributed by atoms with Crippen LogP contribution >= 0.6 is 0 Å². The summed E-state index contributed by atoms with van der Waals surface area (Å²) in [4.78, 5) is 0. The minimum absolute atomic E-state index is 0.502. The van der Waals surface area contributed by atoms with Crippen LogP contribution in [0.3, 0.4) is 0 Å². The van der Waals surface area contributed by atoms with E-state index in [1.165, 1.54) is 47.9 Å². The molecule has 0 aromatic heterocycles. The SMILES string of the molecule is COc1ccc(-c2ccc3c(c2)CCCC3)cc1CN. The molecule has 2 heteroatoms. The van der Waals surface area contributed by atoms with Crippen molar-refractivity contribution in [2.45, 2.75) is 32.2 Å². The fraction of sp³-hybridized carbons (Fsp3) is 0.333. The molecular weight excluding hydrogens is 246 g/mol. The highest BCUT2D eigenvalue weighted by Crippen LogP contribution is 2.30. The predicted octanol–water partition coefficient (Wildman–Crippen LogP) is 3.70. The van der Waals surface area contributed by atoms with E-state index in [2.05, 4.69) is 30.3 Å². The Labute approximate surface area is 120 Å². The quantitative estimate of drug-likeness (QED) is 0.920. The topological polar surface area (TPSA) is 35.2 Å². The molecule has 20 heavy (non-hydrogen) atoms. The van der Waals surface area contributed by atoms with Gasteiger partial charge < -0.3 is 10.5 Å². The summed E-state index contributed by atoms with van der Waals surface area (Å²) >= 11 is 0. The molecule has 0 spiro atoms. The molecule has 0 radical (unpaired) electrons. The third-order valence-electron chi connectivity index (χ3n) is 4.18. The van der Waals surface area contributed by atoms with Gasteiger partial charge in [0.25, 0.3) is 0 Å². The van der Waals surface area contributed by atoms with Gasteiger partial charge >= 0.3 is 0 Å². The van der Waals surface area contributed by atoms with Crippen LogP contribution in [-0.4, -0.2) is 7.11 Å². The summed E-state index contributed by atoms with van der Waals surface area (Å²) in [6.07, 6.45) is 5.08. The molecule has 0 atom stereocenters. The molecule has 0 saturated carbocycles. The Bertz CT molecular complexity index is 581. The summed E-state index contributed by atoms with van der Waals surface area (Å²) in [6, 6.07) is 13.1. The van der Waals surface area contributed by atoms with Gasteiger partial charge in [-0.05, 0) is 60.1 Å². The van der Waals surface area contributed by atoms with Crippen molar-refractivity contribution < 1.29 is 4.74 Å². The molecule has 3 rings (SSSR count). The van der Waals surface area contributed by atoms with Crippen LogP contribution in [-0.2, 0) is 19.4 Å². The summed E-state index contributed by atoms with van der Waals surface area (Å²) in [5.74, 6) is 0.870. The Morgan fingerprint density at radius 2 is 1.65 bits per heavy atom. The zero-order valence-electron chi connectivity index (χ0n) is 12.0. The first-order chi connectivity index (χ1) is 9.81. The Morgan fingerprint density at radius 1 is 0.950 bits per heavy atom. The van der Waals surface area contributed by atoms with Crippen molar-refractivity contribution in [3.05, 3.63) is 53.1 Å². The maximum Gasteiger partial charge on any atom is 0.123 e. The normalized spacial score (nSPS) is 13.9. The highest BCUT2D eigenvalue weighted by atomic mass is 16.5. The number of rotatable bonds is 3. The first-order valence-corrected chi connectivity index (χ1v) is 7.31. The Balaban J connectivity index is 2.00. The first kappa shape index (κ1) is 13.2. The molecular formula is C18H21NO. The van der Waals surface area contributed by atoms with E-state index in [4.69, 9.17) is 10.5 Å². The van der Waals surface area contributed by atoms with Gasteiger partial charge in [-0.3, -0.25) is 0 Å². The van der Waals surface area contributed by atoms with Crippen LogP contribution in [0.5, 0.6) is 5.75 Å². The van der Waals surface area contributed by atoms with Crippen LogP contribution in [0.15, 0.2) is 36.4 Å². The average molecular weight is 267 g/mol. The maximum absolute atomic E-state index is 5.80. The average Bonchev–Trinajstić information content (AvgIpc) is 2.53. The summed E-state index contributed by atoms with van der Waals surface area (Å²) in [7, 11) is 1.69.